The molecule has 24 heavy (non-hydrogen) atoms. The molecule has 2 aliphatic rings. The number of carbonyl (C=O) groups is 1. The van der Waals surface area contributed by atoms with Gasteiger partial charge in [-0.1, -0.05) is 18.2 Å². The number of fused-ring (bicyclic) bond motifs is 3. The zero-order valence-corrected chi connectivity index (χ0v) is 13.6. The molecule has 122 valence electrons. The monoisotopic (exact) mass is 320 g/mol. The minimum Gasteiger partial charge on any atom is -0.462 e. The molecule has 2 heterocycles. The number of nitrogens with one attached hydrogen (secondary N) is 1. The number of rotatable bonds is 3. The smallest absolute Gasteiger partial charge is 0.338 e. The highest BCUT2D eigenvalue weighted by molar-refractivity contribution is 5.90. The van der Waals surface area contributed by atoms with E-state index in [-0.39, 0.29) is 12.0 Å². The fourth-order valence-electron chi connectivity index (χ4n) is 3.83. The maximum absolute atomic E-state index is 12.0. The van der Waals surface area contributed by atoms with Gasteiger partial charge in [0.15, 0.2) is 0 Å². The summed E-state index contributed by atoms with van der Waals surface area (Å²) in [6.45, 7) is 2.22. The molecule has 2 aromatic rings. The lowest BCUT2D eigenvalue weighted by molar-refractivity contribution is 0.0526. The van der Waals surface area contributed by atoms with Crippen molar-refractivity contribution in [2.45, 2.75) is 25.3 Å². The standard InChI is InChI=1S/C20H20N2O2/c1-2-24-20(23)13-8-9-18-17(11-13)15-6-3-7-16(15)19(22-18)14-5-4-10-21-12-14/h3-6,8-12,15-16,19,22H,2,7H2,1H3/t15-,16+,19+/m1/s1. The summed E-state index contributed by atoms with van der Waals surface area (Å²) in [6.07, 6.45) is 9.27. The van der Waals surface area contributed by atoms with Crippen LogP contribution < -0.4 is 5.32 Å². The molecule has 0 amide bonds. The summed E-state index contributed by atoms with van der Waals surface area (Å²) in [4.78, 5) is 16.3. The lowest BCUT2D eigenvalue weighted by Gasteiger charge is -2.37. The van der Waals surface area contributed by atoms with E-state index < -0.39 is 0 Å². The second-order valence-corrected chi connectivity index (χ2v) is 6.28. The first-order chi connectivity index (χ1) is 11.8. The van der Waals surface area contributed by atoms with Crippen LogP contribution in [0.3, 0.4) is 0 Å². The van der Waals surface area contributed by atoms with E-state index in [0.717, 1.165) is 12.1 Å². The van der Waals surface area contributed by atoms with E-state index in [1.165, 1.54) is 11.1 Å². The first kappa shape index (κ1) is 14.9. The van der Waals surface area contributed by atoms with Crippen LogP contribution in [-0.2, 0) is 4.74 Å². The summed E-state index contributed by atoms with van der Waals surface area (Å²) < 4.78 is 5.14. The van der Waals surface area contributed by atoms with Crippen molar-refractivity contribution in [2.24, 2.45) is 5.92 Å². The van der Waals surface area contributed by atoms with Crippen molar-refractivity contribution < 1.29 is 9.53 Å². The minimum atomic E-state index is -0.256. The number of anilines is 1. The second kappa shape index (κ2) is 6.11. The Hall–Kier alpha value is -2.62. The number of hydrogen-bond donors (Lipinski definition) is 1. The maximum atomic E-state index is 12.0. The third-order valence-electron chi connectivity index (χ3n) is 4.92. The Morgan fingerprint density at radius 3 is 3.08 bits per heavy atom. The molecular weight excluding hydrogens is 300 g/mol. The normalized spacial score (nSPS) is 24.0. The number of hydrogen-bond acceptors (Lipinski definition) is 4. The third-order valence-corrected chi connectivity index (χ3v) is 4.92. The van der Waals surface area contributed by atoms with Gasteiger partial charge in [-0.25, -0.2) is 4.79 Å². The van der Waals surface area contributed by atoms with Gasteiger partial charge < -0.3 is 10.1 Å². The number of aromatic nitrogens is 1. The van der Waals surface area contributed by atoms with E-state index in [4.69, 9.17) is 4.74 Å². The number of carbonyl (C=O) groups excluding carboxylic acids is 1. The van der Waals surface area contributed by atoms with Crippen LogP contribution in [0.4, 0.5) is 5.69 Å². The Morgan fingerprint density at radius 1 is 1.38 bits per heavy atom. The van der Waals surface area contributed by atoms with Crippen LogP contribution in [0.15, 0.2) is 54.9 Å². The SMILES string of the molecule is CCOC(=O)c1ccc2c(c1)[C@@H]1C=CC[C@@H]1[C@H](c1cccnc1)N2. The Morgan fingerprint density at radius 2 is 2.29 bits per heavy atom. The van der Waals surface area contributed by atoms with Gasteiger partial charge in [-0.15, -0.1) is 0 Å². The number of pyridine rings is 1. The molecule has 0 radical (unpaired) electrons. The fraction of sp³-hybridized carbons (Fsp3) is 0.300. The molecule has 1 aliphatic heterocycles. The molecule has 4 nitrogen and oxygen atoms in total. The summed E-state index contributed by atoms with van der Waals surface area (Å²) in [5.41, 5.74) is 4.09. The minimum absolute atomic E-state index is 0.236. The maximum Gasteiger partial charge on any atom is 0.338 e. The van der Waals surface area contributed by atoms with Crippen molar-refractivity contribution >= 4 is 11.7 Å². The van der Waals surface area contributed by atoms with Crippen LogP contribution in [0.2, 0.25) is 0 Å². The van der Waals surface area contributed by atoms with E-state index in [9.17, 15) is 4.79 Å². The van der Waals surface area contributed by atoms with Crippen molar-refractivity contribution in [1.82, 2.24) is 4.98 Å². The molecule has 4 rings (SSSR count). The van der Waals surface area contributed by atoms with Gasteiger partial charge in [0.05, 0.1) is 18.2 Å². The molecule has 4 heteroatoms. The number of allylic oxidation sites excluding steroid dienone is 2. The molecule has 0 fully saturated rings. The molecule has 1 aromatic carbocycles. The molecule has 1 aliphatic carbocycles. The number of esters is 1. The summed E-state index contributed by atoms with van der Waals surface area (Å²) in [5, 5.41) is 3.65. The molecule has 0 unspecified atom stereocenters. The Bertz CT molecular complexity index is 785. The number of ether oxygens (including phenoxy) is 1. The Balaban J connectivity index is 1.72. The largest absolute Gasteiger partial charge is 0.462 e. The van der Waals surface area contributed by atoms with Crippen molar-refractivity contribution in [1.29, 1.82) is 0 Å². The molecule has 1 aromatic heterocycles. The lowest BCUT2D eigenvalue weighted by atomic mass is 9.77. The summed E-state index contributed by atoms with van der Waals surface area (Å²) in [6, 6.07) is 10.1. The molecule has 0 bridgehead atoms. The summed E-state index contributed by atoms with van der Waals surface area (Å²) >= 11 is 0. The van der Waals surface area contributed by atoms with E-state index in [1.54, 1.807) is 6.20 Å². The molecule has 0 saturated carbocycles. The molecule has 3 atom stereocenters. The predicted molar refractivity (Wildman–Crippen MR) is 93.0 cm³/mol. The van der Waals surface area contributed by atoms with Gasteiger partial charge in [-0.2, -0.15) is 0 Å². The molecule has 0 spiro atoms. The van der Waals surface area contributed by atoms with Crippen molar-refractivity contribution in [2.75, 3.05) is 11.9 Å². The zero-order valence-electron chi connectivity index (χ0n) is 13.6. The highest BCUT2D eigenvalue weighted by atomic mass is 16.5. The van der Waals surface area contributed by atoms with E-state index in [2.05, 4.69) is 28.5 Å². The lowest BCUT2D eigenvalue weighted by Crippen LogP contribution is -2.29. The topological polar surface area (TPSA) is 51.2 Å². The van der Waals surface area contributed by atoms with E-state index in [1.807, 2.05) is 37.4 Å². The van der Waals surface area contributed by atoms with Crippen molar-refractivity contribution in [3.05, 3.63) is 71.6 Å². The van der Waals surface area contributed by atoms with E-state index >= 15 is 0 Å². The van der Waals surface area contributed by atoms with Gasteiger partial charge in [0.2, 0.25) is 0 Å². The molecule has 0 saturated heterocycles. The van der Waals surface area contributed by atoms with Gasteiger partial charge in [-0.05, 0) is 54.7 Å². The summed E-state index contributed by atoms with van der Waals surface area (Å²) in [7, 11) is 0. The second-order valence-electron chi connectivity index (χ2n) is 6.28. The summed E-state index contributed by atoms with van der Waals surface area (Å²) in [5.74, 6) is 0.508. The number of benzene rings is 1. The van der Waals surface area contributed by atoms with Gasteiger partial charge in [0, 0.05) is 24.0 Å². The average Bonchev–Trinajstić information content (AvgIpc) is 3.11. The first-order valence-electron chi connectivity index (χ1n) is 8.42. The van der Waals surface area contributed by atoms with Gasteiger partial charge in [-0.3, -0.25) is 4.98 Å². The zero-order chi connectivity index (χ0) is 16.5. The van der Waals surface area contributed by atoms with Crippen molar-refractivity contribution in [3.8, 4) is 0 Å². The van der Waals surface area contributed by atoms with E-state index in [0.29, 0.717) is 24.0 Å². The first-order valence-corrected chi connectivity index (χ1v) is 8.42. The Labute approximate surface area is 141 Å². The van der Waals surface area contributed by atoms with Crippen LogP contribution in [-0.4, -0.2) is 17.6 Å². The molecular formula is C20H20N2O2. The average molecular weight is 320 g/mol. The van der Waals surface area contributed by atoms with Crippen LogP contribution in [0, 0.1) is 5.92 Å². The van der Waals surface area contributed by atoms with Crippen LogP contribution in [0.5, 0.6) is 0 Å². The number of nitrogens with zero attached hydrogens (tertiary/aromatic N) is 1. The van der Waals surface area contributed by atoms with Gasteiger partial charge in [0.25, 0.3) is 0 Å². The molecule has 1 N–H and O–H groups in total. The van der Waals surface area contributed by atoms with Gasteiger partial charge in [0.1, 0.15) is 0 Å². The third kappa shape index (κ3) is 2.48. The van der Waals surface area contributed by atoms with Crippen LogP contribution >= 0.6 is 0 Å². The van der Waals surface area contributed by atoms with Crippen LogP contribution in [0.25, 0.3) is 0 Å². The fourth-order valence-corrected chi connectivity index (χ4v) is 3.83. The van der Waals surface area contributed by atoms with Crippen LogP contribution in [0.1, 0.15) is 46.8 Å². The highest BCUT2D eigenvalue weighted by Crippen LogP contribution is 2.49. The van der Waals surface area contributed by atoms with Crippen molar-refractivity contribution in [3.63, 3.8) is 0 Å². The Kier molecular flexibility index (Phi) is 3.81. The quantitative estimate of drug-likeness (QED) is 0.684. The highest BCUT2D eigenvalue weighted by Gasteiger charge is 2.38. The van der Waals surface area contributed by atoms with Gasteiger partial charge >= 0.3 is 5.97 Å². The predicted octanol–water partition coefficient (Wildman–Crippen LogP) is 4.08.